The predicted molar refractivity (Wildman–Crippen MR) is 85.7 cm³/mol. The average Bonchev–Trinajstić information content (AvgIpc) is 2.92. The number of hydrogen-bond donors (Lipinski definition) is 0. The van der Waals surface area contributed by atoms with Crippen molar-refractivity contribution in [1.29, 1.82) is 0 Å². The van der Waals surface area contributed by atoms with Gasteiger partial charge in [-0.25, -0.2) is 4.39 Å². The van der Waals surface area contributed by atoms with Gasteiger partial charge in [0.25, 0.3) is 0 Å². The highest BCUT2D eigenvalue weighted by Gasteiger charge is 2.22. The first-order valence-electron chi connectivity index (χ1n) is 7.03. The molecule has 21 heavy (non-hydrogen) atoms. The van der Waals surface area contributed by atoms with E-state index in [4.69, 9.17) is 0 Å². The van der Waals surface area contributed by atoms with Crippen molar-refractivity contribution in [3.63, 3.8) is 0 Å². The molecule has 0 saturated heterocycles. The molecule has 1 amide bonds. The summed E-state index contributed by atoms with van der Waals surface area (Å²) in [6.45, 7) is 3.25. The molecule has 4 heteroatoms. The van der Waals surface area contributed by atoms with Gasteiger partial charge in [0.2, 0.25) is 5.91 Å². The summed E-state index contributed by atoms with van der Waals surface area (Å²) in [7, 11) is 2.41. The molecule has 3 rings (SSSR count). The molecule has 1 atom stereocenters. The summed E-state index contributed by atoms with van der Waals surface area (Å²) < 4.78 is 13.3. The molecular weight excluding hydrogens is 284 g/mol. The third-order valence-electron chi connectivity index (χ3n) is 3.91. The van der Waals surface area contributed by atoms with E-state index in [0.29, 0.717) is 24.8 Å². The fourth-order valence-electron chi connectivity index (χ4n) is 2.70. The molecule has 1 aliphatic rings. The zero-order chi connectivity index (χ0) is 15.0. The molecule has 0 spiro atoms. The molecule has 0 radical (unpaired) electrons. The van der Waals surface area contributed by atoms with Crippen molar-refractivity contribution >= 4 is 20.5 Å². The Hall–Kier alpha value is -1.73. The van der Waals surface area contributed by atoms with E-state index in [1.54, 1.807) is 6.07 Å². The molecule has 2 nitrogen and oxygen atoms in total. The van der Waals surface area contributed by atoms with E-state index in [9.17, 15) is 9.18 Å². The molecule has 0 aromatic heterocycles. The van der Waals surface area contributed by atoms with Crippen LogP contribution in [0.15, 0.2) is 36.4 Å². The number of rotatable bonds is 2. The van der Waals surface area contributed by atoms with E-state index in [1.165, 1.54) is 17.2 Å². The SMILES string of the molecule is CCC(=O)N1Cc2ccc(-c3ccc(F)c(P)c3)cc2C1. The maximum Gasteiger partial charge on any atom is 0.222 e. The number of hydrogen-bond acceptors (Lipinski definition) is 1. The van der Waals surface area contributed by atoms with Crippen LogP contribution in [0.4, 0.5) is 4.39 Å². The van der Waals surface area contributed by atoms with Gasteiger partial charge in [-0.15, -0.1) is 9.24 Å². The largest absolute Gasteiger partial charge is 0.334 e. The topological polar surface area (TPSA) is 20.3 Å². The molecule has 108 valence electrons. The van der Waals surface area contributed by atoms with Gasteiger partial charge >= 0.3 is 0 Å². The van der Waals surface area contributed by atoms with E-state index in [-0.39, 0.29) is 11.7 Å². The monoisotopic (exact) mass is 301 g/mol. The van der Waals surface area contributed by atoms with Crippen molar-refractivity contribution in [2.24, 2.45) is 0 Å². The molecule has 2 aromatic rings. The van der Waals surface area contributed by atoms with Crippen LogP contribution in [0.25, 0.3) is 11.1 Å². The Morgan fingerprint density at radius 2 is 1.81 bits per heavy atom. The summed E-state index contributed by atoms with van der Waals surface area (Å²) in [6.07, 6.45) is 0.537. The van der Waals surface area contributed by atoms with Gasteiger partial charge in [-0.2, -0.15) is 0 Å². The summed E-state index contributed by atoms with van der Waals surface area (Å²) in [6, 6.07) is 11.3. The minimum atomic E-state index is -0.218. The standard InChI is InChI=1S/C17H17FNOP/c1-2-17(20)19-9-13-4-3-11(7-14(13)10-19)12-5-6-15(18)16(21)8-12/h3-8H,2,9-10,21H2,1H3. The number of carbonyl (C=O) groups is 1. The maximum atomic E-state index is 13.3. The molecule has 1 aliphatic heterocycles. The van der Waals surface area contributed by atoms with Gasteiger partial charge in [-0.05, 0) is 40.5 Å². The molecule has 0 saturated carbocycles. The lowest BCUT2D eigenvalue weighted by molar-refractivity contribution is -0.131. The lowest BCUT2D eigenvalue weighted by Gasteiger charge is -2.13. The summed E-state index contributed by atoms with van der Waals surface area (Å²) in [5, 5.41) is 0.566. The molecule has 0 N–H and O–H groups in total. The fourth-order valence-corrected chi connectivity index (χ4v) is 2.97. The second-order valence-corrected chi connectivity index (χ2v) is 5.95. The van der Waals surface area contributed by atoms with Crippen molar-refractivity contribution in [2.75, 3.05) is 0 Å². The molecule has 0 fully saturated rings. The highest BCUT2D eigenvalue weighted by Crippen LogP contribution is 2.29. The first kappa shape index (κ1) is 14.2. The molecule has 0 aliphatic carbocycles. The number of nitrogens with zero attached hydrogens (tertiary/aromatic N) is 1. The molecule has 1 unspecified atom stereocenters. The van der Waals surface area contributed by atoms with Crippen molar-refractivity contribution < 1.29 is 9.18 Å². The van der Waals surface area contributed by atoms with E-state index in [0.717, 1.165) is 11.1 Å². The zero-order valence-corrected chi connectivity index (χ0v) is 13.1. The van der Waals surface area contributed by atoms with Gasteiger partial charge in [0.1, 0.15) is 5.82 Å². The lowest BCUT2D eigenvalue weighted by atomic mass is 10.0. The second kappa shape index (κ2) is 5.57. The highest BCUT2D eigenvalue weighted by atomic mass is 31.0. The fraction of sp³-hybridized carbons (Fsp3) is 0.235. The van der Waals surface area contributed by atoms with Crippen LogP contribution in [0.2, 0.25) is 0 Å². The first-order chi connectivity index (χ1) is 10.1. The van der Waals surface area contributed by atoms with Crippen LogP contribution >= 0.6 is 9.24 Å². The van der Waals surface area contributed by atoms with Crippen molar-refractivity contribution in [2.45, 2.75) is 26.4 Å². The summed E-state index contributed by atoms with van der Waals surface area (Å²) in [5.41, 5.74) is 4.44. The van der Waals surface area contributed by atoms with Gasteiger partial charge in [-0.3, -0.25) is 4.79 Å². The lowest BCUT2D eigenvalue weighted by Crippen LogP contribution is -2.23. The Balaban J connectivity index is 1.91. The first-order valence-corrected chi connectivity index (χ1v) is 7.61. The number of fused-ring (bicyclic) bond motifs is 1. The number of benzene rings is 2. The second-order valence-electron chi connectivity index (χ2n) is 5.32. The molecule has 1 heterocycles. The van der Waals surface area contributed by atoms with Crippen LogP contribution in [0.5, 0.6) is 0 Å². The molecular formula is C17H17FNOP. The van der Waals surface area contributed by atoms with Gasteiger partial charge in [-0.1, -0.05) is 25.1 Å². The van der Waals surface area contributed by atoms with Crippen LogP contribution in [0.3, 0.4) is 0 Å². The number of amides is 1. The predicted octanol–water partition coefficient (Wildman–Crippen LogP) is 3.25. The quantitative estimate of drug-likeness (QED) is 0.780. The summed E-state index contributed by atoms with van der Waals surface area (Å²) in [4.78, 5) is 13.7. The highest BCUT2D eigenvalue weighted by molar-refractivity contribution is 7.27. The number of halogens is 1. The van der Waals surface area contributed by atoms with Crippen LogP contribution in [-0.4, -0.2) is 10.8 Å². The Kier molecular flexibility index (Phi) is 3.77. The van der Waals surface area contributed by atoms with Crippen LogP contribution in [0, 0.1) is 5.82 Å². The van der Waals surface area contributed by atoms with E-state index < -0.39 is 0 Å². The maximum absolute atomic E-state index is 13.3. The number of carbonyl (C=O) groups excluding carboxylic acids is 1. The summed E-state index contributed by atoms with van der Waals surface area (Å²) in [5.74, 6) is -0.0357. The van der Waals surface area contributed by atoms with Crippen LogP contribution in [0.1, 0.15) is 24.5 Å². The van der Waals surface area contributed by atoms with Gasteiger partial charge in [0, 0.05) is 24.8 Å². The Labute approximate surface area is 126 Å². The normalized spacial score (nSPS) is 13.4. The average molecular weight is 301 g/mol. The van der Waals surface area contributed by atoms with Gasteiger partial charge < -0.3 is 4.90 Å². The van der Waals surface area contributed by atoms with Gasteiger partial charge in [0.05, 0.1) is 0 Å². The minimum absolute atomic E-state index is 0.182. The Morgan fingerprint density at radius 3 is 2.52 bits per heavy atom. The molecule has 0 bridgehead atoms. The third-order valence-corrected chi connectivity index (χ3v) is 4.36. The Bertz CT molecular complexity index is 714. The summed E-state index contributed by atoms with van der Waals surface area (Å²) >= 11 is 0. The van der Waals surface area contributed by atoms with E-state index in [2.05, 4.69) is 21.4 Å². The zero-order valence-electron chi connectivity index (χ0n) is 11.9. The third kappa shape index (κ3) is 2.71. The van der Waals surface area contributed by atoms with Gasteiger partial charge in [0.15, 0.2) is 0 Å². The van der Waals surface area contributed by atoms with Crippen molar-refractivity contribution in [3.8, 4) is 11.1 Å². The minimum Gasteiger partial charge on any atom is -0.334 e. The Morgan fingerprint density at radius 1 is 1.14 bits per heavy atom. The smallest absolute Gasteiger partial charge is 0.222 e. The van der Waals surface area contributed by atoms with Crippen molar-refractivity contribution in [3.05, 3.63) is 53.3 Å². The van der Waals surface area contributed by atoms with E-state index >= 15 is 0 Å². The van der Waals surface area contributed by atoms with Crippen molar-refractivity contribution in [1.82, 2.24) is 4.90 Å². The van der Waals surface area contributed by atoms with Crippen LogP contribution < -0.4 is 5.30 Å². The molecule has 2 aromatic carbocycles. The van der Waals surface area contributed by atoms with E-state index in [1.807, 2.05) is 24.0 Å². The van der Waals surface area contributed by atoms with Crippen LogP contribution in [-0.2, 0) is 17.9 Å².